The van der Waals surface area contributed by atoms with Crippen molar-refractivity contribution < 1.29 is 19.8 Å². The lowest BCUT2D eigenvalue weighted by atomic mass is 9.79. The fraction of sp³-hybridized carbons (Fsp3) is 0.800. The molecule has 3 N–H and O–H groups in total. The number of halogens is 1. The number of hydrogen-bond acceptors (Lipinski definition) is 6. The Morgan fingerprint density at radius 1 is 1.31 bits per heavy atom. The van der Waals surface area contributed by atoms with Crippen molar-refractivity contribution >= 4 is 36.0 Å². The van der Waals surface area contributed by atoms with E-state index >= 15 is 0 Å². The van der Waals surface area contributed by atoms with E-state index in [0.717, 1.165) is 31.0 Å². The molecule has 4 aliphatic heterocycles. The largest absolute Gasteiger partial charge is 0.477 e. The Labute approximate surface area is 182 Å². The van der Waals surface area contributed by atoms with Crippen LogP contribution in [0.1, 0.15) is 33.1 Å². The first kappa shape index (κ1) is 22.9. The van der Waals surface area contributed by atoms with Crippen LogP contribution >= 0.6 is 24.2 Å². The number of aliphatic hydroxyl groups is 1. The molecule has 0 aliphatic carbocycles. The summed E-state index contributed by atoms with van der Waals surface area (Å²) in [7, 11) is 2.17. The molecule has 0 bridgehead atoms. The summed E-state index contributed by atoms with van der Waals surface area (Å²) in [5.74, 6) is -1.13. The standard InChI is InChI=1S/C20H31N3O4S.ClH/c1-10-16-15(11(2)24)19(25)23(16)17(20(26)27)18(10)28-13-8-14(21-9-13)12-4-6-22(3)7-5-12;/h10-16,21,24H,4-9H2,1-3H3,(H,26,27);1H. The molecular formula is C20H32ClN3O4S. The van der Waals surface area contributed by atoms with Crippen LogP contribution in [0.25, 0.3) is 0 Å². The molecule has 6 unspecified atom stereocenters. The summed E-state index contributed by atoms with van der Waals surface area (Å²) in [5.41, 5.74) is 0.146. The van der Waals surface area contributed by atoms with E-state index in [1.54, 1.807) is 18.7 Å². The van der Waals surface area contributed by atoms with E-state index in [1.165, 1.54) is 17.7 Å². The van der Waals surface area contributed by atoms with Gasteiger partial charge in [-0.25, -0.2) is 4.79 Å². The van der Waals surface area contributed by atoms with Gasteiger partial charge < -0.3 is 25.3 Å². The predicted octanol–water partition coefficient (Wildman–Crippen LogP) is 1.37. The molecule has 4 rings (SSSR count). The van der Waals surface area contributed by atoms with E-state index in [-0.39, 0.29) is 36.0 Å². The Morgan fingerprint density at radius 3 is 2.55 bits per heavy atom. The van der Waals surface area contributed by atoms with Crippen molar-refractivity contribution in [3.8, 4) is 0 Å². The number of piperidine rings is 1. The van der Waals surface area contributed by atoms with Gasteiger partial charge in [-0.05, 0) is 52.2 Å². The van der Waals surface area contributed by atoms with Crippen LogP contribution in [0.3, 0.4) is 0 Å². The number of carbonyl (C=O) groups is 2. The fourth-order valence-electron chi connectivity index (χ4n) is 5.47. The van der Waals surface area contributed by atoms with Gasteiger partial charge in [0.1, 0.15) is 5.70 Å². The first-order valence-corrected chi connectivity index (χ1v) is 11.2. The third-order valence-corrected chi connectivity index (χ3v) is 8.57. The lowest BCUT2D eigenvalue weighted by molar-refractivity contribution is -0.163. The van der Waals surface area contributed by atoms with Crippen LogP contribution in [-0.2, 0) is 9.59 Å². The molecule has 0 aromatic heterocycles. The molecule has 0 saturated carbocycles. The van der Waals surface area contributed by atoms with Gasteiger partial charge in [-0.1, -0.05) is 6.92 Å². The number of aliphatic carboxylic acids is 1. The van der Waals surface area contributed by atoms with Gasteiger partial charge in [0.25, 0.3) is 0 Å². The Kier molecular flexibility index (Phi) is 6.90. The zero-order valence-corrected chi connectivity index (χ0v) is 18.8. The highest BCUT2D eigenvalue weighted by molar-refractivity contribution is 8.03. The highest BCUT2D eigenvalue weighted by Crippen LogP contribution is 2.52. The number of thioether (sulfide) groups is 1. The van der Waals surface area contributed by atoms with Gasteiger partial charge in [0, 0.05) is 28.7 Å². The van der Waals surface area contributed by atoms with Crippen LogP contribution in [0.5, 0.6) is 0 Å². The van der Waals surface area contributed by atoms with Gasteiger partial charge in [-0.3, -0.25) is 4.79 Å². The zero-order valence-electron chi connectivity index (χ0n) is 17.2. The SMILES string of the molecule is CC(O)C1C(=O)N2C(C(=O)O)=C(SC3CNC(C4CCN(C)CC4)C3)C(C)C12.Cl. The zero-order chi connectivity index (χ0) is 20.2. The molecule has 7 nitrogen and oxygen atoms in total. The van der Waals surface area contributed by atoms with Crippen molar-refractivity contribution in [2.45, 2.75) is 56.5 Å². The molecule has 3 fully saturated rings. The number of aliphatic hydroxyl groups excluding tert-OH is 1. The minimum atomic E-state index is -1.04. The minimum absolute atomic E-state index is 0. The molecule has 3 saturated heterocycles. The average Bonchev–Trinajstić information content (AvgIpc) is 3.18. The van der Waals surface area contributed by atoms with Gasteiger partial charge in [0.15, 0.2) is 0 Å². The molecule has 0 aromatic rings. The predicted molar refractivity (Wildman–Crippen MR) is 115 cm³/mol. The van der Waals surface area contributed by atoms with Crippen LogP contribution in [0.15, 0.2) is 10.6 Å². The molecule has 0 radical (unpaired) electrons. The average molecular weight is 446 g/mol. The van der Waals surface area contributed by atoms with E-state index < -0.39 is 18.0 Å². The third-order valence-electron chi connectivity index (χ3n) is 7.06. The van der Waals surface area contributed by atoms with E-state index in [9.17, 15) is 19.8 Å². The van der Waals surface area contributed by atoms with Gasteiger partial charge in [-0.15, -0.1) is 24.2 Å². The fourth-order valence-corrected chi connectivity index (χ4v) is 6.96. The molecule has 0 spiro atoms. The number of carboxylic acid groups (broad SMARTS) is 1. The lowest BCUT2D eigenvalue weighted by Crippen LogP contribution is -2.63. The second-order valence-corrected chi connectivity index (χ2v) is 10.2. The quantitative estimate of drug-likeness (QED) is 0.550. The van der Waals surface area contributed by atoms with Crippen molar-refractivity contribution in [3.63, 3.8) is 0 Å². The van der Waals surface area contributed by atoms with Crippen molar-refractivity contribution in [3.05, 3.63) is 10.6 Å². The number of fused-ring (bicyclic) bond motifs is 1. The maximum atomic E-state index is 12.5. The van der Waals surface area contributed by atoms with Crippen molar-refractivity contribution in [1.82, 2.24) is 15.1 Å². The summed E-state index contributed by atoms with van der Waals surface area (Å²) < 4.78 is 0. The Bertz CT molecular complexity index is 695. The molecule has 1 amide bonds. The first-order valence-electron chi connectivity index (χ1n) is 10.4. The van der Waals surface area contributed by atoms with E-state index in [4.69, 9.17) is 0 Å². The summed E-state index contributed by atoms with van der Waals surface area (Å²) in [6.45, 7) is 6.78. The molecule has 6 atom stereocenters. The lowest BCUT2D eigenvalue weighted by Gasteiger charge is -2.46. The summed E-state index contributed by atoms with van der Waals surface area (Å²) in [6.07, 6.45) is 2.72. The highest BCUT2D eigenvalue weighted by Gasteiger charge is 2.60. The van der Waals surface area contributed by atoms with Crippen LogP contribution in [-0.4, -0.2) is 82.0 Å². The molecule has 0 aromatic carbocycles. The number of β-lactam (4-membered cyclic amide) rings is 1. The third kappa shape index (κ3) is 3.94. The van der Waals surface area contributed by atoms with E-state index in [1.807, 2.05) is 6.92 Å². The monoisotopic (exact) mass is 445 g/mol. The first-order chi connectivity index (χ1) is 13.3. The van der Waals surface area contributed by atoms with Gasteiger partial charge in [0.2, 0.25) is 5.91 Å². The molecule has 4 aliphatic rings. The number of likely N-dealkylation sites (tertiary alicyclic amines) is 1. The Morgan fingerprint density at radius 2 is 1.97 bits per heavy atom. The van der Waals surface area contributed by atoms with Crippen LogP contribution in [0.4, 0.5) is 0 Å². The summed E-state index contributed by atoms with van der Waals surface area (Å²) in [4.78, 5) is 29.0. The van der Waals surface area contributed by atoms with Gasteiger partial charge >= 0.3 is 5.97 Å². The molecule has 4 heterocycles. The number of hydrogen-bond donors (Lipinski definition) is 3. The van der Waals surface area contributed by atoms with Crippen LogP contribution < -0.4 is 5.32 Å². The van der Waals surface area contributed by atoms with Gasteiger partial charge in [0.05, 0.1) is 18.1 Å². The Balaban J connectivity index is 0.00000240. The molecule has 164 valence electrons. The van der Waals surface area contributed by atoms with E-state index in [0.29, 0.717) is 17.2 Å². The second-order valence-electron chi connectivity index (χ2n) is 8.90. The number of carbonyl (C=O) groups excluding carboxylic acids is 1. The maximum absolute atomic E-state index is 12.5. The number of rotatable bonds is 5. The van der Waals surface area contributed by atoms with Crippen molar-refractivity contribution in [1.29, 1.82) is 0 Å². The second kappa shape index (κ2) is 8.75. The Hall–Kier alpha value is -0.800. The van der Waals surface area contributed by atoms with Crippen molar-refractivity contribution in [2.75, 3.05) is 26.7 Å². The van der Waals surface area contributed by atoms with Crippen LogP contribution in [0.2, 0.25) is 0 Å². The topological polar surface area (TPSA) is 93.1 Å². The van der Waals surface area contributed by atoms with Gasteiger partial charge in [-0.2, -0.15) is 0 Å². The summed E-state index contributed by atoms with van der Waals surface area (Å²) >= 11 is 1.64. The summed E-state index contributed by atoms with van der Waals surface area (Å²) in [5, 5.41) is 23.7. The molecule has 29 heavy (non-hydrogen) atoms. The van der Waals surface area contributed by atoms with E-state index in [2.05, 4.69) is 17.3 Å². The molecule has 9 heteroatoms. The smallest absolute Gasteiger partial charge is 0.353 e. The maximum Gasteiger partial charge on any atom is 0.353 e. The van der Waals surface area contributed by atoms with Crippen LogP contribution in [0, 0.1) is 17.8 Å². The molecular weight excluding hydrogens is 414 g/mol. The number of nitrogens with zero attached hydrogens (tertiary/aromatic N) is 2. The number of amides is 1. The highest BCUT2D eigenvalue weighted by atomic mass is 35.5. The number of carboxylic acids is 1. The van der Waals surface area contributed by atoms with Crippen molar-refractivity contribution in [2.24, 2.45) is 17.8 Å². The number of nitrogens with one attached hydrogen (secondary N) is 1. The normalized spacial score (nSPS) is 36.6. The minimum Gasteiger partial charge on any atom is -0.477 e. The summed E-state index contributed by atoms with van der Waals surface area (Å²) in [6, 6.07) is 0.279.